The van der Waals surface area contributed by atoms with Crippen molar-refractivity contribution in [2.45, 2.75) is 195 Å². The van der Waals surface area contributed by atoms with Gasteiger partial charge < -0.3 is 43.6 Å². The van der Waals surface area contributed by atoms with Crippen LogP contribution in [0.25, 0.3) is 11.1 Å². The number of benzene rings is 2. The van der Waals surface area contributed by atoms with Gasteiger partial charge >= 0.3 is 11.9 Å². The second-order valence-electron chi connectivity index (χ2n) is 38.2. The molecule has 13 bridgehead atoms. The van der Waals surface area contributed by atoms with Crippen LogP contribution in [-0.4, -0.2) is 106 Å². The highest BCUT2D eigenvalue weighted by Gasteiger charge is 3.03. The van der Waals surface area contributed by atoms with Crippen LogP contribution in [0.3, 0.4) is 0 Å². The number of aliphatic hydroxyl groups is 3. The fourth-order valence-electron chi connectivity index (χ4n) is 34.6. The zero-order valence-corrected chi connectivity index (χ0v) is 57.7. The number of rotatable bonds is 9. The minimum absolute atomic E-state index is 0.0312. The van der Waals surface area contributed by atoms with Crippen LogP contribution in [0.2, 0.25) is 0 Å². The molecule has 4 N–H and O–H groups in total. The topological polar surface area (TPSA) is 181 Å². The highest BCUT2D eigenvalue weighted by Crippen LogP contribution is 2.97. The number of carbonyl (C=O) groups is 3. The van der Waals surface area contributed by atoms with Crippen LogP contribution in [0.1, 0.15) is 175 Å². The second kappa shape index (κ2) is 18.8. The van der Waals surface area contributed by atoms with Crippen molar-refractivity contribution in [1.29, 1.82) is 0 Å². The van der Waals surface area contributed by atoms with E-state index in [2.05, 4.69) is 102 Å². The average molecular weight is 1350 g/mol. The Kier molecular flexibility index (Phi) is 11.1. The number of epoxide rings is 1. The predicted molar refractivity (Wildman–Crippen MR) is 367 cm³/mol. The Morgan fingerprint density at radius 3 is 2.63 bits per heavy atom. The summed E-state index contributed by atoms with van der Waals surface area (Å²) >= 11 is 0. The van der Waals surface area contributed by atoms with Gasteiger partial charge in [-0.25, -0.2) is 4.79 Å². The fraction of sp³-hybridized carbons (Fsp3) is 0.667. The number of hydrogen-bond acceptors (Lipinski definition) is 13. The summed E-state index contributed by atoms with van der Waals surface area (Å²) in [7, 11) is 0. The van der Waals surface area contributed by atoms with E-state index in [0.717, 1.165) is 114 Å². The first-order valence-corrected chi connectivity index (χ1v) is 40.3. The van der Waals surface area contributed by atoms with Crippen molar-refractivity contribution in [2.75, 3.05) is 26.4 Å². The van der Waals surface area contributed by atoms with E-state index in [9.17, 15) is 14.9 Å². The van der Waals surface area contributed by atoms with E-state index in [1.165, 1.54) is 59.1 Å². The molecule has 2 aromatic carbocycles. The minimum atomic E-state index is -1.55. The van der Waals surface area contributed by atoms with Crippen molar-refractivity contribution in [3.8, 4) is 0 Å². The Bertz CT molecular complexity index is 4390. The molecule has 7 aliphatic heterocycles. The molecule has 7 spiro atoms. The highest BCUT2D eigenvalue weighted by molar-refractivity contribution is 6.05. The lowest BCUT2D eigenvalue weighted by Gasteiger charge is -2.76. The zero-order chi connectivity index (χ0) is 66.1. The SMILES string of the molecule is C[C@@]12C[C@@H]3C[C@@]45C[C@@H]6C=C7c8cccc9c8C8=C[C@@H]%10CCCC[C@H]%10[C@@H]%10CC=C%11CC[C@@H]%12[C@@H]9[C@H]%11[C@]8%10[C@H]8C=C(C[C@H]4C6)[C@@]46O[C@@]%128[C@H]8C(=O)[C@@H](O)[C@]([C@H]9CCC[C@H](Cc%10ccccc%10)C9)([C@H]3[C@]84COC(=O)[C@@]756)[C@]13O[C@@H]3C(=O)O[C@H]2c1ccoc1C[C@@H]([C@@H]1CC[C@@H]2[C@H](C=CN3CNC[C@@H]23)C1)[C@H](O)CO. The van der Waals surface area contributed by atoms with E-state index in [4.69, 9.17) is 18.6 Å². The number of furan rings is 1. The number of nitrogens with one attached hydrogen (secondary N) is 1. The van der Waals surface area contributed by atoms with Gasteiger partial charge in [-0.2, -0.15) is 0 Å². The molecule has 32 atom stereocenters. The molecule has 1 aromatic heterocycles. The van der Waals surface area contributed by atoms with Crippen LogP contribution in [-0.2, 0) is 46.2 Å². The van der Waals surface area contributed by atoms with Crippen LogP contribution in [0.5, 0.6) is 0 Å². The van der Waals surface area contributed by atoms with Gasteiger partial charge in [0, 0.05) is 46.7 Å². The standard InChI is InChI=1S/C87H96N2O11/c1-79-37-50-38-80-36-45-29-52(80)33-53-34-67-82-60-21-18-46-19-22-61-69(70(46)82)58-16-8-15-56(68(58)63(82)32-47-12-5-6-14-54(47)60)62(30-45)85(80)78(95)97-41-81-72(50)83(74(93)71(92)73(81)84(61,67)100-86(53,81)85,51-13-7-11-44(28-51)27-43-9-3-2-4-10-43)87(79)76(99-87)77(94)98-75(79)57-24-26-96-66(57)35-59(65(91)40-90)48-17-20-55-49(31-48)23-25-89-42-88-39-64(55)89/h2-4,8-10,15-16,18,23-26,30,32,34,44-45,47-52,54-55,59-61,64-65,67,69-70,72-76,88,90-91,93H,5-7,11-14,17,19-22,27-29,31,33,35-42H2,1H3/t44-,45+,47+,48-,49-,50-,51+,52-,54-,55-,59+,60+,61-,64+,65-,67-,69-,70+,72-,73+,74-,75+,76-,79+,80+,81-,82+,83+,84+,85+,86-,87-/m1/s1. The number of cyclic esters (lactones) is 2. The summed E-state index contributed by atoms with van der Waals surface area (Å²) in [5.41, 5.74) is 1.83. The first kappa shape index (κ1) is 58.9. The molecule has 0 unspecified atom stereocenters. The third-order valence-corrected chi connectivity index (χ3v) is 36.3. The Hall–Kier alpha value is -5.41. The first-order chi connectivity index (χ1) is 48.8. The number of esters is 2. The van der Waals surface area contributed by atoms with Gasteiger partial charge in [0.1, 0.15) is 41.2 Å². The lowest BCUT2D eigenvalue weighted by Crippen LogP contribution is -2.83. The summed E-state index contributed by atoms with van der Waals surface area (Å²) in [6.07, 6.45) is 32.0. The van der Waals surface area contributed by atoms with Crippen molar-refractivity contribution >= 4 is 28.9 Å². The molecular formula is C87H96N2O11. The summed E-state index contributed by atoms with van der Waals surface area (Å²) in [5, 5.41) is 42.6. The molecule has 100 heavy (non-hydrogen) atoms. The van der Waals surface area contributed by atoms with Crippen molar-refractivity contribution in [1.82, 2.24) is 10.2 Å². The number of hydrogen-bond donors (Lipinski definition) is 4. The van der Waals surface area contributed by atoms with Gasteiger partial charge in [0.2, 0.25) is 0 Å². The van der Waals surface area contributed by atoms with E-state index in [1.54, 1.807) is 11.8 Å². The summed E-state index contributed by atoms with van der Waals surface area (Å²) in [4.78, 5) is 55.3. The van der Waals surface area contributed by atoms with Crippen molar-refractivity contribution in [3.63, 3.8) is 0 Å². The van der Waals surface area contributed by atoms with Crippen molar-refractivity contribution in [2.24, 2.45) is 133 Å². The Balaban J connectivity index is 0.745. The zero-order valence-electron chi connectivity index (χ0n) is 57.7. The number of ether oxygens (including phenoxy) is 4. The number of Topliss-reactive ketones (excluding diaryl/α,β-unsaturated/α-hetero) is 1. The highest BCUT2D eigenvalue weighted by atomic mass is 16.7. The van der Waals surface area contributed by atoms with Gasteiger partial charge in [0.15, 0.2) is 11.9 Å². The lowest BCUT2D eigenvalue weighted by molar-refractivity contribution is -0.309. The molecule has 0 amide bonds. The maximum absolute atomic E-state index is 18.9. The van der Waals surface area contributed by atoms with Crippen LogP contribution in [0, 0.1) is 133 Å². The minimum Gasteiger partial charge on any atom is -0.469 e. The van der Waals surface area contributed by atoms with Gasteiger partial charge in [-0.15, -0.1) is 0 Å². The molecule has 10 saturated carbocycles. The van der Waals surface area contributed by atoms with Gasteiger partial charge in [-0.05, 0) is 254 Å². The van der Waals surface area contributed by atoms with Crippen molar-refractivity contribution in [3.05, 3.63) is 142 Å². The third kappa shape index (κ3) is 5.91. The van der Waals surface area contributed by atoms with E-state index in [1.807, 2.05) is 6.07 Å². The van der Waals surface area contributed by atoms with Gasteiger partial charge in [0.05, 0.1) is 42.6 Å². The predicted octanol–water partition coefficient (Wildman–Crippen LogP) is 12.4. The molecule has 23 aliphatic rings. The van der Waals surface area contributed by atoms with E-state index in [0.29, 0.717) is 60.7 Å². The monoisotopic (exact) mass is 1340 g/mol. The number of nitrogens with zero attached hydrogens (tertiary/aromatic N) is 1. The number of fused-ring (bicyclic) bond motifs is 6. The molecule has 0 radical (unpaired) electrons. The molecule has 8 heterocycles. The summed E-state index contributed by atoms with van der Waals surface area (Å²) in [5.74, 6) is 0.646. The molecular weight excluding hydrogens is 1250 g/mol. The lowest BCUT2D eigenvalue weighted by atomic mass is 9.27. The number of carbonyl (C=O) groups excluding carboxylic acids is 3. The molecule has 15 fully saturated rings. The second-order valence-corrected chi connectivity index (χ2v) is 38.2. The molecule has 520 valence electrons. The third-order valence-electron chi connectivity index (χ3n) is 36.3. The van der Waals surface area contributed by atoms with Crippen LogP contribution in [0.4, 0.5) is 0 Å². The number of allylic oxidation sites excluding steroid dienone is 6. The molecule has 3 aromatic rings. The fourth-order valence-corrected chi connectivity index (χ4v) is 34.6. The number of aliphatic hydroxyl groups excluding tert-OH is 3. The quantitative estimate of drug-likeness (QED) is 0.0904. The van der Waals surface area contributed by atoms with Crippen LogP contribution < -0.4 is 5.32 Å². The van der Waals surface area contributed by atoms with Gasteiger partial charge in [-0.1, -0.05) is 117 Å². The average Bonchev–Trinajstić information content (AvgIpc) is 1.39. The van der Waals surface area contributed by atoms with Crippen LogP contribution in [0.15, 0.2) is 113 Å². The molecule has 16 aliphatic carbocycles. The molecule has 13 heteroatoms. The molecule has 13 nitrogen and oxygen atoms in total. The Morgan fingerprint density at radius 1 is 0.830 bits per heavy atom. The van der Waals surface area contributed by atoms with E-state index < -0.39 is 86.1 Å². The largest absolute Gasteiger partial charge is 0.469 e. The summed E-state index contributed by atoms with van der Waals surface area (Å²) < 4.78 is 39.3. The van der Waals surface area contributed by atoms with Gasteiger partial charge in [-0.3, -0.25) is 14.9 Å². The smallest absolute Gasteiger partial charge is 0.339 e. The maximum Gasteiger partial charge on any atom is 0.339 e. The maximum atomic E-state index is 18.9. The van der Waals surface area contributed by atoms with Gasteiger partial charge in [0.25, 0.3) is 0 Å². The molecule has 5 saturated heterocycles. The molecule has 26 rings (SSSR count). The normalized spacial score (nSPS) is 53.7. The van der Waals surface area contributed by atoms with Crippen molar-refractivity contribution < 1.29 is 53.1 Å². The first-order valence-electron chi connectivity index (χ1n) is 40.3. The van der Waals surface area contributed by atoms with Crippen LogP contribution >= 0.6 is 0 Å². The summed E-state index contributed by atoms with van der Waals surface area (Å²) in [6.45, 7) is 3.82. The van der Waals surface area contributed by atoms with E-state index in [-0.39, 0.29) is 95.5 Å². The Morgan fingerprint density at radius 2 is 1.73 bits per heavy atom. The number of ketones is 1. The van der Waals surface area contributed by atoms with E-state index >= 15 is 19.5 Å². The Labute approximate surface area is 585 Å². The summed E-state index contributed by atoms with van der Waals surface area (Å²) in [6, 6.07) is 20.7.